The Morgan fingerprint density at radius 1 is 1.40 bits per heavy atom. The molecule has 0 aromatic carbocycles. The molecule has 1 rings (SSSR count). The highest BCUT2D eigenvalue weighted by atomic mass is 16.2. The largest absolute Gasteiger partial charge is 0.352 e. The Balaban J connectivity index is 2.29. The summed E-state index contributed by atoms with van der Waals surface area (Å²) in [7, 11) is 0. The minimum atomic E-state index is -0.527. The topological polar surface area (TPSA) is 84.2 Å². The summed E-state index contributed by atoms with van der Waals surface area (Å²) in [5.74, 6) is -0.398. The number of amides is 2. The molecule has 0 radical (unpaired) electrons. The van der Waals surface area contributed by atoms with Gasteiger partial charge in [-0.25, -0.2) is 0 Å². The van der Waals surface area contributed by atoms with Crippen LogP contribution in [0.4, 0.5) is 0 Å². The third kappa shape index (κ3) is 3.87. The van der Waals surface area contributed by atoms with Gasteiger partial charge >= 0.3 is 0 Å². The lowest BCUT2D eigenvalue weighted by Gasteiger charge is -2.16. The maximum Gasteiger partial charge on any atom is 0.242 e. The van der Waals surface area contributed by atoms with E-state index in [-0.39, 0.29) is 11.8 Å². The molecule has 0 saturated heterocycles. The van der Waals surface area contributed by atoms with Gasteiger partial charge in [0.2, 0.25) is 11.8 Å². The molecule has 1 aliphatic carbocycles. The fourth-order valence-corrected chi connectivity index (χ4v) is 1.13. The lowest BCUT2D eigenvalue weighted by molar-refractivity contribution is -0.129. The van der Waals surface area contributed by atoms with E-state index in [0.29, 0.717) is 12.5 Å². The van der Waals surface area contributed by atoms with E-state index < -0.39 is 12.1 Å². The standard InChI is InChI=1S/C10H19N3O2/c1-3-8(11)10(15)12-6(2)9(14)13-7-4-5-7/h6-8H,3-5,11H2,1-2H3,(H,12,15)(H,13,14)/t6?,8-/m1/s1. The van der Waals surface area contributed by atoms with Crippen molar-refractivity contribution in [2.24, 2.45) is 5.73 Å². The van der Waals surface area contributed by atoms with Crippen molar-refractivity contribution in [1.82, 2.24) is 10.6 Å². The first-order valence-corrected chi connectivity index (χ1v) is 5.41. The average molecular weight is 213 g/mol. The molecule has 0 aliphatic heterocycles. The van der Waals surface area contributed by atoms with E-state index in [2.05, 4.69) is 10.6 Å². The van der Waals surface area contributed by atoms with Crippen LogP contribution >= 0.6 is 0 Å². The zero-order valence-electron chi connectivity index (χ0n) is 9.25. The number of rotatable bonds is 5. The monoisotopic (exact) mass is 213 g/mol. The molecule has 0 spiro atoms. The van der Waals surface area contributed by atoms with E-state index in [9.17, 15) is 9.59 Å². The van der Waals surface area contributed by atoms with Gasteiger partial charge in [-0.05, 0) is 26.2 Å². The molecule has 1 fully saturated rings. The predicted molar refractivity (Wildman–Crippen MR) is 57.0 cm³/mol. The highest BCUT2D eigenvalue weighted by Gasteiger charge is 2.26. The lowest BCUT2D eigenvalue weighted by atomic mass is 10.2. The minimum Gasteiger partial charge on any atom is -0.352 e. The summed E-state index contributed by atoms with van der Waals surface area (Å²) in [4.78, 5) is 22.8. The van der Waals surface area contributed by atoms with Gasteiger partial charge in [0.15, 0.2) is 0 Å². The Labute approximate surface area is 89.8 Å². The van der Waals surface area contributed by atoms with Crippen molar-refractivity contribution in [3.05, 3.63) is 0 Å². The molecule has 0 aromatic rings. The quantitative estimate of drug-likeness (QED) is 0.576. The molecule has 0 aromatic heterocycles. The Morgan fingerprint density at radius 3 is 2.47 bits per heavy atom. The van der Waals surface area contributed by atoms with E-state index in [1.54, 1.807) is 6.92 Å². The molecule has 0 heterocycles. The van der Waals surface area contributed by atoms with Crippen LogP contribution in [0.5, 0.6) is 0 Å². The summed E-state index contributed by atoms with van der Waals surface area (Å²) >= 11 is 0. The first-order chi connectivity index (χ1) is 7.04. The third-order valence-electron chi connectivity index (χ3n) is 2.45. The van der Waals surface area contributed by atoms with Crippen LogP contribution in [0.2, 0.25) is 0 Å². The molecule has 2 atom stereocenters. The average Bonchev–Trinajstić information content (AvgIpc) is 3.00. The number of hydrogen-bond donors (Lipinski definition) is 3. The van der Waals surface area contributed by atoms with Gasteiger partial charge in [-0.2, -0.15) is 0 Å². The fraction of sp³-hybridized carbons (Fsp3) is 0.800. The summed E-state index contributed by atoms with van der Waals surface area (Å²) < 4.78 is 0. The molecule has 15 heavy (non-hydrogen) atoms. The van der Waals surface area contributed by atoms with Crippen LogP contribution in [0.1, 0.15) is 33.1 Å². The molecule has 5 nitrogen and oxygen atoms in total. The van der Waals surface area contributed by atoms with Crippen LogP contribution in [0.15, 0.2) is 0 Å². The van der Waals surface area contributed by atoms with Crippen molar-refractivity contribution in [2.45, 2.75) is 51.2 Å². The normalized spacial score (nSPS) is 19.1. The first-order valence-electron chi connectivity index (χ1n) is 5.41. The van der Waals surface area contributed by atoms with Gasteiger partial charge < -0.3 is 16.4 Å². The van der Waals surface area contributed by atoms with Crippen LogP contribution in [0, 0.1) is 0 Å². The highest BCUT2D eigenvalue weighted by Crippen LogP contribution is 2.18. The van der Waals surface area contributed by atoms with Crippen molar-refractivity contribution >= 4 is 11.8 Å². The molecule has 2 amide bonds. The van der Waals surface area contributed by atoms with E-state index in [4.69, 9.17) is 5.73 Å². The van der Waals surface area contributed by atoms with Gasteiger partial charge in [-0.1, -0.05) is 6.92 Å². The lowest BCUT2D eigenvalue weighted by Crippen LogP contribution is -2.50. The number of carbonyl (C=O) groups is 2. The fourth-order valence-electron chi connectivity index (χ4n) is 1.13. The van der Waals surface area contributed by atoms with Gasteiger partial charge in [0.05, 0.1) is 6.04 Å². The van der Waals surface area contributed by atoms with Crippen molar-refractivity contribution in [3.8, 4) is 0 Å². The second kappa shape index (κ2) is 5.11. The molecular formula is C10H19N3O2. The first kappa shape index (κ1) is 12.0. The molecule has 1 aliphatic rings. The van der Waals surface area contributed by atoms with Crippen LogP contribution in [0.3, 0.4) is 0 Å². The Kier molecular flexibility index (Phi) is 4.08. The second-order valence-electron chi connectivity index (χ2n) is 4.03. The van der Waals surface area contributed by atoms with Crippen molar-refractivity contribution in [1.29, 1.82) is 0 Å². The van der Waals surface area contributed by atoms with Gasteiger partial charge in [0.25, 0.3) is 0 Å². The Morgan fingerprint density at radius 2 is 2.00 bits per heavy atom. The molecule has 0 bridgehead atoms. The second-order valence-corrected chi connectivity index (χ2v) is 4.03. The minimum absolute atomic E-state index is 0.130. The van der Waals surface area contributed by atoms with E-state index in [1.807, 2.05) is 6.92 Å². The maximum absolute atomic E-state index is 11.5. The summed E-state index contributed by atoms with van der Waals surface area (Å²) in [5, 5.41) is 5.41. The van der Waals surface area contributed by atoms with Crippen LogP contribution in [0.25, 0.3) is 0 Å². The van der Waals surface area contributed by atoms with Crippen molar-refractivity contribution in [2.75, 3.05) is 0 Å². The van der Waals surface area contributed by atoms with E-state index in [0.717, 1.165) is 12.8 Å². The Hall–Kier alpha value is -1.10. The zero-order valence-corrected chi connectivity index (χ0v) is 9.25. The van der Waals surface area contributed by atoms with Gasteiger partial charge in [-0.3, -0.25) is 9.59 Å². The van der Waals surface area contributed by atoms with Crippen molar-refractivity contribution < 1.29 is 9.59 Å². The summed E-state index contributed by atoms with van der Waals surface area (Å²) in [5.41, 5.74) is 5.53. The molecule has 5 heteroatoms. The van der Waals surface area contributed by atoms with Crippen LogP contribution in [-0.2, 0) is 9.59 Å². The molecule has 4 N–H and O–H groups in total. The summed E-state index contributed by atoms with van der Waals surface area (Å²) in [6.07, 6.45) is 2.66. The molecule has 1 saturated carbocycles. The SMILES string of the molecule is CC[C@@H](N)C(=O)NC(C)C(=O)NC1CC1. The number of hydrogen-bond acceptors (Lipinski definition) is 3. The van der Waals surface area contributed by atoms with Gasteiger partial charge in [0.1, 0.15) is 6.04 Å². The number of nitrogens with two attached hydrogens (primary N) is 1. The highest BCUT2D eigenvalue weighted by molar-refractivity contribution is 5.89. The molecule has 1 unspecified atom stereocenters. The molecular weight excluding hydrogens is 194 g/mol. The van der Waals surface area contributed by atoms with Crippen LogP contribution < -0.4 is 16.4 Å². The summed E-state index contributed by atoms with van der Waals surface area (Å²) in [6.45, 7) is 3.50. The third-order valence-corrected chi connectivity index (χ3v) is 2.45. The van der Waals surface area contributed by atoms with Gasteiger partial charge in [-0.15, -0.1) is 0 Å². The maximum atomic E-state index is 11.5. The zero-order chi connectivity index (χ0) is 11.4. The van der Waals surface area contributed by atoms with E-state index >= 15 is 0 Å². The van der Waals surface area contributed by atoms with Crippen molar-refractivity contribution in [3.63, 3.8) is 0 Å². The molecule has 86 valence electrons. The smallest absolute Gasteiger partial charge is 0.242 e. The van der Waals surface area contributed by atoms with E-state index in [1.165, 1.54) is 0 Å². The number of nitrogens with one attached hydrogen (secondary N) is 2. The number of carbonyl (C=O) groups excluding carboxylic acids is 2. The van der Waals surface area contributed by atoms with Gasteiger partial charge in [0, 0.05) is 6.04 Å². The van der Waals surface area contributed by atoms with Crippen LogP contribution in [-0.4, -0.2) is 29.9 Å². The Bertz CT molecular complexity index is 251. The summed E-state index contributed by atoms with van der Waals surface area (Å²) in [6, 6.07) is -0.714. The predicted octanol–water partition coefficient (Wildman–Crippen LogP) is -0.493.